The molecule has 0 saturated carbocycles. The Hall–Kier alpha value is -4.34. The Morgan fingerprint density at radius 2 is 1.00 bits per heavy atom. The second-order valence-electron chi connectivity index (χ2n) is 6.67. The highest BCUT2D eigenvalue weighted by Gasteiger charge is 2.31. The summed E-state index contributed by atoms with van der Waals surface area (Å²) in [4.78, 5) is 25.4. The highest BCUT2D eigenvalue weighted by Crippen LogP contribution is 2.18. The fraction of sp³-hybridized carbons (Fsp3) is 0.100. The van der Waals surface area contributed by atoms with E-state index in [2.05, 4.69) is 10.2 Å². The molecule has 0 bridgehead atoms. The van der Waals surface area contributed by atoms with Crippen molar-refractivity contribution in [1.82, 2.24) is 19.6 Å². The number of para-hydroxylation sites is 2. The zero-order valence-electron chi connectivity index (χ0n) is 16.2. The summed E-state index contributed by atoms with van der Waals surface area (Å²) < 4.78 is 2.32. The number of rotatable bonds is 4. The van der Waals surface area contributed by atoms with E-state index in [0.717, 1.165) is 9.36 Å². The number of hydrogen-bond donors (Lipinski definition) is 2. The summed E-state index contributed by atoms with van der Waals surface area (Å²) in [6.45, 7) is 3.00. The lowest BCUT2D eigenvalue weighted by molar-refractivity contribution is -0.897. The van der Waals surface area contributed by atoms with Crippen LogP contribution in [-0.2, 0) is 0 Å². The Morgan fingerprint density at radius 3 is 1.33 bits per heavy atom. The summed E-state index contributed by atoms with van der Waals surface area (Å²) in [5.74, 6) is 0. The third-order valence-electron chi connectivity index (χ3n) is 4.66. The number of benzene rings is 2. The van der Waals surface area contributed by atoms with Crippen LogP contribution in [0.2, 0.25) is 0 Å². The predicted octanol–water partition coefficient (Wildman–Crippen LogP) is 2.70. The van der Waals surface area contributed by atoms with Gasteiger partial charge in [-0.25, -0.2) is 9.36 Å². The number of azo groups is 1. The first-order valence-electron chi connectivity index (χ1n) is 9.08. The zero-order chi connectivity index (χ0) is 21.4. The fourth-order valence-electron chi connectivity index (χ4n) is 3.23. The van der Waals surface area contributed by atoms with Crippen LogP contribution in [0.5, 0.6) is 0 Å². The number of nitrogens with one attached hydrogen (secondary N) is 2. The first kappa shape index (κ1) is 19.0. The molecule has 152 valence electrons. The highest BCUT2D eigenvalue weighted by molar-refractivity contribution is 5.40. The molecule has 0 aliphatic heterocycles. The lowest BCUT2D eigenvalue weighted by Gasteiger charge is -2.00. The van der Waals surface area contributed by atoms with E-state index in [1.807, 2.05) is 0 Å². The van der Waals surface area contributed by atoms with Gasteiger partial charge in [-0.2, -0.15) is 0 Å². The van der Waals surface area contributed by atoms with Crippen molar-refractivity contribution in [1.29, 1.82) is 0 Å². The molecule has 2 aromatic carbocycles. The van der Waals surface area contributed by atoms with Gasteiger partial charge in [0.25, 0.3) is 0 Å². The molecule has 2 heterocycles. The van der Waals surface area contributed by atoms with Crippen molar-refractivity contribution in [3.8, 4) is 11.4 Å². The minimum absolute atomic E-state index is 0.111. The van der Waals surface area contributed by atoms with Crippen LogP contribution in [0.4, 0.5) is 11.4 Å². The van der Waals surface area contributed by atoms with Gasteiger partial charge < -0.3 is 10.4 Å². The summed E-state index contributed by atoms with van der Waals surface area (Å²) in [5, 5.41) is 31.2. The Bertz CT molecular complexity index is 1250. The smallest absolute Gasteiger partial charge is 0.374 e. The molecular weight excluding hydrogens is 388 g/mol. The molecule has 0 unspecified atom stereocenters. The van der Waals surface area contributed by atoms with Gasteiger partial charge in [-0.15, -0.1) is 0 Å². The lowest BCUT2D eigenvalue weighted by atomic mass is 10.3. The first-order chi connectivity index (χ1) is 14.4. The normalized spacial score (nSPS) is 12.1. The van der Waals surface area contributed by atoms with E-state index in [1.165, 1.54) is 13.8 Å². The monoisotopic (exact) mass is 406 g/mol. The maximum Gasteiger partial charge on any atom is 0.374 e. The molecule has 30 heavy (non-hydrogen) atoms. The minimum Gasteiger partial charge on any atom is -0.560 e. The molecule has 2 N–H and O–H groups in total. The van der Waals surface area contributed by atoms with Gasteiger partial charge in [0.1, 0.15) is 11.4 Å². The van der Waals surface area contributed by atoms with Crippen molar-refractivity contribution in [2.45, 2.75) is 13.8 Å². The van der Waals surface area contributed by atoms with Crippen LogP contribution < -0.4 is 11.1 Å². The number of H-pyrrole nitrogens is 2. The summed E-state index contributed by atoms with van der Waals surface area (Å²) in [7, 11) is 0. The van der Waals surface area contributed by atoms with Crippen molar-refractivity contribution in [2.75, 3.05) is 0 Å². The van der Waals surface area contributed by atoms with E-state index in [4.69, 9.17) is 0 Å². The Labute approximate surface area is 169 Å². The van der Waals surface area contributed by atoms with Gasteiger partial charge >= 0.3 is 22.5 Å². The van der Waals surface area contributed by atoms with Crippen LogP contribution >= 0.6 is 0 Å². The molecule has 10 nitrogen and oxygen atoms in total. The fourth-order valence-corrected chi connectivity index (χ4v) is 3.23. The van der Waals surface area contributed by atoms with Crippen molar-refractivity contribution in [3.63, 3.8) is 0 Å². The van der Waals surface area contributed by atoms with E-state index in [0.29, 0.717) is 11.4 Å². The van der Waals surface area contributed by atoms with Crippen molar-refractivity contribution in [3.05, 3.63) is 103 Å². The second kappa shape index (κ2) is 7.24. The Morgan fingerprint density at radius 1 is 0.667 bits per heavy atom. The SMILES string of the molecule is Cc1[nH]n(-c2ccccc2)c(=O)c1/[N+]([O-])=[N+](\[O-])c1c(C)[nH]n(-c2ccccc2)c1=O. The number of nitrogens with zero attached hydrogens (tertiary/aromatic N) is 4. The summed E-state index contributed by atoms with van der Waals surface area (Å²) in [6, 6.07) is 17.3. The molecule has 0 amide bonds. The quantitative estimate of drug-likeness (QED) is 0.307. The van der Waals surface area contributed by atoms with Gasteiger partial charge in [0.2, 0.25) is 0 Å². The van der Waals surface area contributed by atoms with Crippen LogP contribution in [0.1, 0.15) is 11.4 Å². The average molecular weight is 406 g/mol. The molecule has 0 fully saturated rings. The van der Waals surface area contributed by atoms with Gasteiger partial charge in [0, 0.05) is 0 Å². The van der Waals surface area contributed by atoms with Gasteiger partial charge in [0.15, 0.2) is 0 Å². The second-order valence-corrected chi connectivity index (χ2v) is 6.67. The van der Waals surface area contributed by atoms with Crippen LogP contribution in [0.25, 0.3) is 11.4 Å². The van der Waals surface area contributed by atoms with Crippen molar-refractivity contribution >= 4 is 11.4 Å². The maximum atomic E-state index is 12.8. The molecule has 10 heteroatoms. The topological polar surface area (TPSA) is 128 Å². The number of hydrogen-bond acceptors (Lipinski definition) is 4. The Kier molecular flexibility index (Phi) is 4.59. The van der Waals surface area contributed by atoms with E-state index < -0.39 is 22.5 Å². The third-order valence-corrected chi connectivity index (χ3v) is 4.66. The van der Waals surface area contributed by atoms with Gasteiger partial charge in [-0.05, 0) is 38.1 Å². The number of aromatic amines is 2. The maximum absolute atomic E-state index is 12.8. The highest BCUT2D eigenvalue weighted by atomic mass is 16.6. The minimum atomic E-state index is -0.703. The van der Waals surface area contributed by atoms with Crippen molar-refractivity contribution in [2.24, 2.45) is 0 Å². The van der Waals surface area contributed by atoms with Gasteiger partial charge in [-0.3, -0.25) is 19.8 Å². The zero-order valence-corrected chi connectivity index (χ0v) is 16.2. The number of aromatic nitrogens is 4. The average Bonchev–Trinajstić information content (AvgIpc) is 3.23. The molecule has 0 aliphatic carbocycles. The number of aryl methyl sites for hydroxylation is 2. The van der Waals surface area contributed by atoms with Crippen molar-refractivity contribution < 1.29 is 9.72 Å². The van der Waals surface area contributed by atoms with Gasteiger partial charge in [-0.1, -0.05) is 36.4 Å². The van der Waals surface area contributed by atoms with Crippen LogP contribution in [-0.4, -0.2) is 29.3 Å². The summed E-state index contributed by atoms with van der Waals surface area (Å²) in [6.07, 6.45) is 0. The van der Waals surface area contributed by atoms with E-state index in [-0.39, 0.29) is 21.1 Å². The molecule has 4 rings (SSSR count). The van der Waals surface area contributed by atoms with E-state index in [1.54, 1.807) is 60.7 Å². The third kappa shape index (κ3) is 3.00. The molecule has 0 aliphatic rings. The molecule has 0 saturated heterocycles. The molecule has 0 spiro atoms. The molecule has 0 radical (unpaired) electrons. The molecular formula is C20H18N6O4. The molecule has 4 aromatic rings. The van der Waals surface area contributed by atoms with Gasteiger partial charge in [0.05, 0.1) is 21.1 Å². The molecule has 2 aromatic heterocycles. The van der Waals surface area contributed by atoms with Crippen LogP contribution in [0.3, 0.4) is 0 Å². The van der Waals surface area contributed by atoms with Crippen LogP contribution in [0, 0.1) is 24.3 Å². The predicted molar refractivity (Wildman–Crippen MR) is 109 cm³/mol. The lowest BCUT2D eigenvalue weighted by Crippen LogP contribution is -2.23. The summed E-state index contributed by atoms with van der Waals surface area (Å²) >= 11 is 0. The summed E-state index contributed by atoms with van der Waals surface area (Å²) in [5.41, 5.74) is -0.816. The largest absolute Gasteiger partial charge is 0.560 e. The van der Waals surface area contributed by atoms with E-state index in [9.17, 15) is 20.0 Å². The molecule has 0 atom stereocenters. The standard InChI is InChI=1S/C20H18N6O4/c1-13-17(19(27)23(21-13)15-9-5-3-6-10-15)25(29)26(30)18-14(2)22-24(20(18)28)16-11-7-4-8-12-16/h3-12,21-22H,1-2H3/b26-25+. The van der Waals surface area contributed by atoms with E-state index >= 15 is 0 Å². The first-order valence-corrected chi connectivity index (χ1v) is 9.08. The Balaban J connectivity index is 1.86. The van der Waals surface area contributed by atoms with Crippen LogP contribution in [0.15, 0.2) is 70.3 Å².